The van der Waals surface area contributed by atoms with Crippen molar-refractivity contribution in [2.24, 2.45) is 17.3 Å². The summed E-state index contributed by atoms with van der Waals surface area (Å²) in [7, 11) is 3.90. The van der Waals surface area contributed by atoms with Crippen LogP contribution in [0.5, 0.6) is 11.5 Å². The number of likely N-dealkylation sites (tertiary alicyclic amines) is 1. The SMILES string of the molecule is CC(C)(C)OC(=O)Oc1c(C2CC2B2O[C@@H]3C[C@@H]4C[C@@H](C4(C)C)[C@]3(C)O2)ccc(OC2CN(C(=O)C[C@@H]3C[N+](C)(C)CCO3)C2)c1C(=O)OC(C)(C)C.[I-]. The van der Waals surface area contributed by atoms with E-state index in [4.69, 9.17) is 33.0 Å². The average Bonchev–Trinajstić information content (AvgIpc) is 3.69. The van der Waals surface area contributed by atoms with Crippen molar-refractivity contribution < 1.29 is 75.8 Å². The van der Waals surface area contributed by atoms with Gasteiger partial charge in [-0.25, -0.2) is 9.59 Å². The van der Waals surface area contributed by atoms with E-state index in [-0.39, 0.29) is 88.0 Å². The van der Waals surface area contributed by atoms with Crippen LogP contribution in [-0.2, 0) is 28.3 Å². The smallest absolute Gasteiger partial charge is 0.514 e. The number of hydrogen-bond acceptors (Lipinski definition) is 10. The molecule has 4 aliphatic carbocycles. The number of quaternary nitrogens is 1. The van der Waals surface area contributed by atoms with Crippen LogP contribution in [0.4, 0.5) is 4.79 Å². The number of carbonyl (C=O) groups is 3. The number of likely N-dealkylation sites (N-methyl/N-ethyl adjacent to an activating group) is 1. The molecule has 2 unspecified atom stereocenters. The second-order valence-corrected chi connectivity index (χ2v) is 19.8. The van der Waals surface area contributed by atoms with Crippen molar-refractivity contribution >= 4 is 25.2 Å². The molecule has 7 aliphatic rings. The minimum absolute atomic E-state index is 0. The van der Waals surface area contributed by atoms with Crippen molar-refractivity contribution in [3.63, 3.8) is 0 Å². The van der Waals surface area contributed by atoms with Crippen LogP contribution in [0.15, 0.2) is 12.1 Å². The molecular formula is C40H60BIN2O10. The lowest BCUT2D eigenvalue weighted by molar-refractivity contribution is -0.901. The second-order valence-electron chi connectivity index (χ2n) is 19.8. The molecule has 54 heavy (non-hydrogen) atoms. The molecule has 12 nitrogen and oxygen atoms in total. The van der Waals surface area contributed by atoms with Gasteiger partial charge in [-0.15, -0.1) is 0 Å². The van der Waals surface area contributed by atoms with Gasteiger partial charge in [-0.3, -0.25) is 4.79 Å². The number of morpholine rings is 1. The number of ether oxygens (including phenoxy) is 5. The van der Waals surface area contributed by atoms with E-state index in [1.165, 1.54) is 6.42 Å². The van der Waals surface area contributed by atoms with Gasteiger partial charge < -0.3 is 66.4 Å². The van der Waals surface area contributed by atoms with Crippen LogP contribution in [0.2, 0.25) is 5.82 Å². The van der Waals surface area contributed by atoms with Crippen LogP contribution in [-0.4, -0.2) is 117 Å². The summed E-state index contributed by atoms with van der Waals surface area (Å²) in [5, 5.41) is 0. The first-order chi connectivity index (χ1) is 24.5. The lowest BCUT2D eigenvalue weighted by Gasteiger charge is -2.64. The van der Waals surface area contributed by atoms with E-state index in [1.807, 2.05) is 6.07 Å². The Kier molecular flexibility index (Phi) is 11.0. The van der Waals surface area contributed by atoms with Crippen molar-refractivity contribution in [2.75, 3.05) is 46.9 Å². The molecule has 0 aromatic heterocycles. The predicted molar refractivity (Wildman–Crippen MR) is 197 cm³/mol. The highest BCUT2D eigenvalue weighted by molar-refractivity contribution is 6.49. The highest BCUT2D eigenvalue weighted by Crippen LogP contribution is 2.68. The number of esters is 1. The highest BCUT2D eigenvalue weighted by Gasteiger charge is 2.70. The van der Waals surface area contributed by atoms with Gasteiger partial charge in [-0.05, 0) is 103 Å². The van der Waals surface area contributed by atoms with Crippen LogP contribution in [0, 0.1) is 17.3 Å². The summed E-state index contributed by atoms with van der Waals surface area (Å²) in [6.45, 7) is 20.6. The minimum Gasteiger partial charge on any atom is -1.00 e. The molecule has 8 rings (SSSR count). The molecule has 1 aromatic rings. The van der Waals surface area contributed by atoms with Crippen molar-refractivity contribution in [3.05, 3.63) is 23.3 Å². The highest BCUT2D eigenvalue weighted by atomic mass is 127. The lowest BCUT2D eigenvalue weighted by Crippen LogP contribution is -3.00. The molecule has 0 radical (unpaired) electrons. The monoisotopic (exact) mass is 866 g/mol. The molecular weight excluding hydrogens is 806 g/mol. The molecule has 7 atom stereocenters. The molecule has 300 valence electrons. The van der Waals surface area contributed by atoms with Gasteiger partial charge in [0.05, 0.1) is 51.9 Å². The van der Waals surface area contributed by atoms with Crippen molar-refractivity contribution in [2.45, 2.75) is 135 Å². The fourth-order valence-corrected chi connectivity index (χ4v) is 9.42. The van der Waals surface area contributed by atoms with E-state index in [0.717, 1.165) is 30.4 Å². The number of benzene rings is 1. The minimum atomic E-state index is -0.932. The van der Waals surface area contributed by atoms with E-state index < -0.39 is 30.4 Å². The molecule has 0 spiro atoms. The van der Waals surface area contributed by atoms with Crippen molar-refractivity contribution in [3.8, 4) is 11.5 Å². The summed E-state index contributed by atoms with van der Waals surface area (Å²) in [5.74, 6) is 0.611. The number of nitrogens with zero attached hydrogens (tertiary/aromatic N) is 2. The Morgan fingerprint density at radius 2 is 1.67 bits per heavy atom. The van der Waals surface area contributed by atoms with Crippen LogP contribution in [0.1, 0.15) is 110 Å². The maximum atomic E-state index is 14.1. The molecule has 0 N–H and O–H groups in total. The number of carbonyl (C=O) groups excluding carboxylic acids is 3. The summed E-state index contributed by atoms with van der Waals surface area (Å²) >= 11 is 0. The summed E-state index contributed by atoms with van der Waals surface area (Å²) in [6, 6.07) is 3.61. The molecule has 3 aliphatic heterocycles. The topological polar surface area (TPSA) is 119 Å². The zero-order valence-electron chi connectivity index (χ0n) is 34.0. The molecule has 14 heteroatoms. The number of halogens is 1. The normalized spacial score (nSPS) is 32.3. The maximum absolute atomic E-state index is 14.1. The Bertz CT molecular complexity index is 1630. The molecule has 3 heterocycles. The van der Waals surface area contributed by atoms with Gasteiger partial charge in [0.15, 0.2) is 5.75 Å². The quantitative estimate of drug-likeness (QED) is 0.127. The Labute approximate surface area is 338 Å². The third kappa shape index (κ3) is 8.29. The van der Waals surface area contributed by atoms with Gasteiger partial charge in [-0.1, -0.05) is 19.9 Å². The van der Waals surface area contributed by atoms with E-state index in [1.54, 1.807) is 52.5 Å². The molecule has 1 amide bonds. The van der Waals surface area contributed by atoms with Crippen LogP contribution in [0.3, 0.4) is 0 Å². The van der Waals surface area contributed by atoms with E-state index in [9.17, 15) is 14.4 Å². The van der Waals surface area contributed by atoms with Crippen molar-refractivity contribution in [1.29, 1.82) is 0 Å². The fourth-order valence-electron chi connectivity index (χ4n) is 9.42. The standard InChI is InChI=1S/C40H60BN2O10.HI/c1-37(2,3)50-35(45)33-29(48-25-20-42(21-25)32(44)18-24-22-43(10,11)14-15-47-24)13-12-26(34(33)49-36(46)51-38(4,5)6)27-19-28(27)41-52-31-17-23-16-30(39(23,7)8)40(31,9)53-41;/h12-13,23-25,27-28,30-31H,14-22H2,1-11H3;1H/q+1;/p-1/t23-,24+,27?,28?,30-,31+,40-;/m0./s1. The van der Waals surface area contributed by atoms with Gasteiger partial charge in [0, 0.05) is 5.82 Å². The van der Waals surface area contributed by atoms with E-state index in [2.05, 4.69) is 34.9 Å². The average molecular weight is 867 g/mol. The molecule has 3 saturated heterocycles. The lowest BCUT2D eigenvalue weighted by atomic mass is 9.43. The van der Waals surface area contributed by atoms with Gasteiger partial charge in [0.25, 0.3) is 0 Å². The fraction of sp³-hybridized carbons (Fsp3) is 0.775. The van der Waals surface area contributed by atoms with Crippen LogP contribution < -0.4 is 33.5 Å². The summed E-state index contributed by atoms with van der Waals surface area (Å²) < 4.78 is 44.1. The van der Waals surface area contributed by atoms with Crippen LogP contribution >= 0.6 is 0 Å². The molecule has 4 saturated carbocycles. The Morgan fingerprint density at radius 1 is 0.981 bits per heavy atom. The maximum Gasteiger partial charge on any atom is 0.514 e. The van der Waals surface area contributed by atoms with Gasteiger partial charge in [0.1, 0.15) is 47.8 Å². The van der Waals surface area contributed by atoms with E-state index >= 15 is 0 Å². The zero-order chi connectivity index (χ0) is 38.5. The molecule has 2 bridgehead atoms. The molecule has 1 aromatic carbocycles. The first-order valence-corrected chi connectivity index (χ1v) is 19.6. The molecule has 7 fully saturated rings. The largest absolute Gasteiger partial charge is 1.00 e. The summed E-state index contributed by atoms with van der Waals surface area (Å²) in [5.41, 5.74) is -1.09. The van der Waals surface area contributed by atoms with E-state index in [0.29, 0.717) is 43.5 Å². The zero-order valence-corrected chi connectivity index (χ0v) is 36.1. The van der Waals surface area contributed by atoms with Gasteiger partial charge >= 0.3 is 19.2 Å². The Hall–Kier alpha value is -2.14. The third-order valence-electron chi connectivity index (χ3n) is 12.5. The first-order valence-electron chi connectivity index (χ1n) is 19.6. The summed E-state index contributed by atoms with van der Waals surface area (Å²) in [6.07, 6.45) is 1.84. The Balaban J connectivity index is 0.00000497. The third-order valence-corrected chi connectivity index (χ3v) is 12.5. The van der Waals surface area contributed by atoms with Gasteiger partial charge in [-0.2, -0.15) is 0 Å². The first kappa shape index (κ1) is 41.5. The van der Waals surface area contributed by atoms with Crippen molar-refractivity contribution in [1.82, 2.24) is 4.90 Å². The second kappa shape index (κ2) is 14.4. The summed E-state index contributed by atoms with van der Waals surface area (Å²) in [4.78, 5) is 42.3. The van der Waals surface area contributed by atoms with Gasteiger partial charge in [0.2, 0.25) is 5.91 Å². The van der Waals surface area contributed by atoms with Crippen LogP contribution in [0.25, 0.3) is 0 Å². The predicted octanol–water partition coefficient (Wildman–Crippen LogP) is 3.00. The number of hydrogen-bond donors (Lipinski definition) is 0. The number of amides is 1. The Morgan fingerprint density at radius 3 is 2.30 bits per heavy atom. The number of rotatable bonds is 8.